The number of thiazole rings is 1. The molecule has 3 aromatic heterocycles. The number of aryl methyl sites for hydroxylation is 1. The lowest BCUT2D eigenvalue weighted by Crippen LogP contribution is -2.14. The molecule has 1 aliphatic heterocycles. The van der Waals surface area contributed by atoms with Crippen LogP contribution in [0.15, 0.2) is 34.7 Å². The van der Waals surface area contributed by atoms with Crippen LogP contribution < -0.4 is 14.8 Å². The minimum absolute atomic E-state index is 0.180. The van der Waals surface area contributed by atoms with Crippen molar-refractivity contribution in [2.75, 3.05) is 12.1 Å². The van der Waals surface area contributed by atoms with Crippen molar-refractivity contribution in [2.24, 2.45) is 0 Å². The maximum atomic E-state index is 12.4. The summed E-state index contributed by atoms with van der Waals surface area (Å²) >= 11 is 1.36. The minimum atomic E-state index is -0.711. The lowest BCUT2D eigenvalue weighted by atomic mass is 10.3. The topological polar surface area (TPSA) is 135 Å². The molecule has 0 saturated heterocycles. The first kappa shape index (κ1) is 17.2. The van der Waals surface area contributed by atoms with Crippen molar-refractivity contribution in [1.29, 1.82) is 0 Å². The number of carbonyl (C=O) groups excluding carboxylic acids is 1. The predicted molar refractivity (Wildman–Crippen MR) is 101 cm³/mol. The van der Waals surface area contributed by atoms with Gasteiger partial charge in [0.2, 0.25) is 11.9 Å². The molecule has 0 saturated carbocycles. The highest BCUT2D eigenvalue weighted by molar-refractivity contribution is 7.20. The zero-order chi connectivity index (χ0) is 20.1. The van der Waals surface area contributed by atoms with Gasteiger partial charge in [-0.15, -0.1) is 0 Å². The fourth-order valence-electron chi connectivity index (χ4n) is 2.86. The van der Waals surface area contributed by atoms with Crippen molar-refractivity contribution in [3.63, 3.8) is 0 Å². The molecule has 0 aliphatic carbocycles. The number of hydrogen-bond acceptors (Lipinski definition) is 9. The second-order valence-corrected chi connectivity index (χ2v) is 7.11. The molecule has 1 aromatic carbocycles. The normalized spacial score (nSPS) is 12.4. The summed E-state index contributed by atoms with van der Waals surface area (Å²) < 4.78 is 18.1. The molecule has 146 valence electrons. The molecule has 1 N–H and O–H groups in total. The van der Waals surface area contributed by atoms with E-state index in [-0.39, 0.29) is 12.6 Å². The average Bonchev–Trinajstić information content (AvgIpc) is 3.44. The van der Waals surface area contributed by atoms with E-state index in [2.05, 4.69) is 15.4 Å². The Bertz CT molecular complexity index is 1250. The van der Waals surface area contributed by atoms with Gasteiger partial charge in [0, 0.05) is 18.2 Å². The molecule has 4 heterocycles. The average molecular weight is 413 g/mol. The van der Waals surface area contributed by atoms with Crippen molar-refractivity contribution in [2.45, 2.75) is 6.92 Å². The number of carbonyl (C=O) groups is 1. The summed E-state index contributed by atoms with van der Waals surface area (Å²) in [6, 6.07) is 7.64. The van der Waals surface area contributed by atoms with Gasteiger partial charge in [0.25, 0.3) is 5.91 Å². The summed E-state index contributed by atoms with van der Waals surface area (Å²) in [7, 11) is 0. The Morgan fingerprint density at radius 2 is 2.07 bits per heavy atom. The third-order valence-corrected chi connectivity index (χ3v) is 5.12. The number of furan rings is 1. The monoisotopic (exact) mass is 413 g/mol. The van der Waals surface area contributed by atoms with Gasteiger partial charge in [-0.1, -0.05) is 11.3 Å². The smallest absolute Gasteiger partial charge is 0.433 e. The van der Waals surface area contributed by atoms with Crippen LogP contribution in [0.1, 0.15) is 16.2 Å². The van der Waals surface area contributed by atoms with Crippen molar-refractivity contribution in [1.82, 2.24) is 14.8 Å². The van der Waals surface area contributed by atoms with E-state index in [0.717, 1.165) is 10.8 Å². The highest BCUT2D eigenvalue weighted by Gasteiger charge is 2.21. The molecular weight excluding hydrogens is 402 g/mol. The van der Waals surface area contributed by atoms with Gasteiger partial charge in [-0.25, -0.2) is 4.98 Å². The summed E-state index contributed by atoms with van der Waals surface area (Å²) in [5.41, 5.74) is 1.36. The van der Waals surface area contributed by atoms with Crippen molar-refractivity contribution in [3.8, 4) is 16.6 Å². The lowest BCUT2D eigenvalue weighted by molar-refractivity contribution is -0.402. The second-order valence-electron chi connectivity index (χ2n) is 6.10. The van der Waals surface area contributed by atoms with Crippen LogP contribution in [-0.2, 0) is 0 Å². The first-order valence-corrected chi connectivity index (χ1v) is 9.12. The predicted octanol–water partition coefficient (Wildman–Crippen LogP) is 3.27. The third-order valence-electron chi connectivity index (χ3n) is 4.12. The maximum absolute atomic E-state index is 12.4. The fourth-order valence-corrected chi connectivity index (χ4v) is 3.80. The molecule has 29 heavy (non-hydrogen) atoms. The van der Waals surface area contributed by atoms with Crippen LogP contribution in [0.5, 0.6) is 11.5 Å². The maximum Gasteiger partial charge on any atom is 0.433 e. The summed E-state index contributed by atoms with van der Waals surface area (Å²) in [4.78, 5) is 27.0. The standard InChI is InChI=1S/C17H11N5O6S/c1-8-4-14(19-16(23)10-2-3-15(28-10)22(24)25)21(20-8)17-18-9-5-11-12(27-7-26-11)6-13(9)29-17/h2-6H,7H2,1H3,(H,19,23). The molecule has 1 aliphatic rings. The summed E-state index contributed by atoms with van der Waals surface area (Å²) in [6.45, 7) is 1.95. The van der Waals surface area contributed by atoms with Gasteiger partial charge in [0.1, 0.15) is 10.7 Å². The highest BCUT2D eigenvalue weighted by Crippen LogP contribution is 2.39. The molecule has 0 spiro atoms. The summed E-state index contributed by atoms with van der Waals surface area (Å²) in [6.07, 6.45) is 0. The number of fused-ring (bicyclic) bond motifs is 2. The van der Waals surface area contributed by atoms with Crippen molar-refractivity contribution in [3.05, 3.63) is 51.9 Å². The van der Waals surface area contributed by atoms with E-state index in [1.165, 1.54) is 22.1 Å². The second kappa shape index (κ2) is 6.31. The Kier molecular flexibility index (Phi) is 3.74. The van der Waals surface area contributed by atoms with Crippen LogP contribution in [0.2, 0.25) is 0 Å². The number of anilines is 1. The van der Waals surface area contributed by atoms with Gasteiger partial charge in [0.15, 0.2) is 17.3 Å². The van der Waals surface area contributed by atoms with Gasteiger partial charge in [-0.05, 0) is 13.0 Å². The number of ether oxygens (including phenoxy) is 2. The number of aromatic nitrogens is 3. The van der Waals surface area contributed by atoms with E-state index in [0.29, 0.717) is 33.7 Å². The first-order valence-electron chi connectivity index (χ1n) is 8.31. The van der Waals surface area contributed by atoms with Gasteiger partial charge < -0.3 is 19.2 Å². The molecule has 5 rings (SSSR count). The molecule has 0 bridgehead atoms. The van der Waals surface area contributed by atoms with Gasteiger partial charge in [-0.3, -0.25) is 14.9 Å². The zero-order valence-corrected chi connectivity index (χ0v) is 15.6. The number of nitrogens with zero attached hydrogens (tertiary/aromatic N) is 4. The number of rotatable bonds is 4. The number of nitrogens with one attached hydrogen (secondary N) is 1. The molecule has 0 radical (unpaired) electrons. The van der Waals surface area contributed by atoms with Gasteiger partial charge in [0.05, 0.1) is 22.0 Å². The van der Waals surface area contributed by atoms with E-state index in [9.17, 15) is 14.9 Å². The summed E-state index contributed by atoms with van der Waals surface area (Å²) in [5.74, 6) is 0.295. The van der Waals surface area contributed by atoms with E-state index in [1.54, 1.807) is 19.1 Å². The lowest BCUT2D eigenvalue weighted by Gasteiger charge is -2.04. The first-order chi connectivity index (χ1) is 14.0. The van der Waals surface area contributed by atoms with Crippen LogP contribution >= 0.6 is 11.3 Å². The van der Waals surface area contributed by atoms with E-state index >= 15 is 0 Å². The Hall–Kier alpha value is -3.93. The fraction of sp³-hybridized carbons (Fsp3) is 0.118. The Morgan fingerprint density at radius 1 is 1.28 bits per heavy atom. The van der Waals surface area contributed by atoms with Gasteiger partial charge in [-0.2, -0.15) is 9.78 Å². The molecule has 1 amide bonds. The Morgan fingerprint density at radius 3 is 2.83 bits per heavy atom. The number of amides is 1. The molecule has 0 fully saturated rings. The minimum Gasteiger partial charge on any atom is -0.454 e. The molecule has 4 aromatic rings. The van der Waals surface area contributed by atoms with E-state index in [1.807, 2.05) is 6.07 Å². The third kappa shape index (κ3) is 2.95. The molecule has 11 nitrogen and oxygen atoms in total. The van der Waals surface area contributed by atoms with Gasteiger partial charge >= 0.3 is 5.88 Å². The largest absolute Gasteiger partial charge is 0.454 e. The van der Waals surface area contributed by atoms with E-state index < -0.39 is 16.7 Å². The highest BCUT2D eigenvalue weighted by atomic mass is 32.1. The molecule has 12 heteroatoms. The molecule has 0 unspecified atom stereocenters. The van der Waals surface area contributed by atoms with Crippen molar-refractivity contribution < 1.29 is 23.6 Å². The molecule has 0 atom stereocenters. The Balaban J connectivity index is 1.48. The quantitative estimate of drug-likeness (QED) is 0.398. The van der Waals surface area contributed by atoms with Crippen LogP contribution in [0.3, 0.4) is 0 Å². The van der Waals surface area contributed by atoms with Crippen molar-refractivity contribution >= 4 is 39.2 Å². The number of nitro groups is 1. The SMILES string of the molecule is Cc1cc(NC(=O)c2ccc([N+](=O)[O-])o2)n(-c2nc3cc4c(cc3s2)OCO4)n1. The molecular formula is C17H11N5O6S. The van der Waals surface area contributed by atoms with Crippen LogP contribution in [0, 0.1) is 17.0 Å². The Labute approximate surface area is 165 Å². The zero-order valence-electron chi connectivity index (χ0n) is 14.7. The summed E-state index contributed by atoms with van der Waals surface area (Å²) in [5, 5.41) is 18.3. The number of hydrogen-bond donors (Lipinski definition) is 1. The number of benzene rings is 1. The van der Waals surface area contributed by atoms with Crippen LogP contribution in [0.4, 0.5) is 11.7 Å². The van der Waals surface area contributed by atoms with Crippen LogP contribution in [-0.4, -0.2) is 32.4 Å². The van der Waals surface area contributed by atoms with Crippen LogP contribution in [0.25, 0.3) is 15.3 Å². The van der Waals surface area contributed by atoms with E-state index in [4.69, 9.17) is 13.9 Å².